The third kappa shape index (κ3) is 2.57. The van der Waals surface area contributed by atoms with Gasteiger partial charge >= 0.3 is 5.69 Å². The summed E-state index contributed by atoms with van der Waals surface area (Å²) in [6.07, 6.45) is 2.63. The molecule has 0 amide bonds. The van der Waals surface area contributed by atoms with E-state index in [1.54, 1.807) is 6.20 Å². The highest BCUT2D eigenvalue weighted by atomic mass is 79.9. The molecule has 1 saturated heterocycles. The summed E-state index contributed by atoms with van der Waals surface area (Å²) < 4.78 is 0.631. The summed E-state index contributed by atoms with van der Waals surface area (Å²) in [5.41, 5.74) is 0.264. The number of anilines is 1. The first kappa shape index (κ1) is 12.3. The van der Waals surface area contributed by atoms with E-state index in [1.165, 1.54) is 6.07 Å². The van der Waals surface area contributed by atoms with E-state index in [1.807, 2.05) is 4.90 Å². The Kier molecular flexibility index (Phi) is 3.07. The Labute approximate surface area is 108 Å². The van der Waals surface area contributed by atoms with Gasteiger partial charge in [-0.1, -0.05) is 13.8 Å². The van der Waals surface area contributed by atoms with Crippen LogP contribution in [0.5, 0.6) is 0 Å². The van der Waals surface area contributed by atoms with E-state index in [9.17, 15) is 10.1 Å². The molecule has 1 aliphatic heterocycles. The Hall–Kier alpha value is -1.17. The highest BCUT2D eigenvalue weighted by molar-refractivity contribution is 9.10. The van der Waals surface area contributed by atoms with Crippen LogP contribution >= 0.6 is 15.9 Å². The van der Waals surface area contributed by atoms with Crippen LogP contribution in [0.1, 0.15) is 20.3 Å². The van der Waals surface area contributed by atoms with Gasteiger partial charge < -0.3 is 4.90 Å². The maximum Gasteiger partial charge on any atom is 0.312 e. The molecule has 0 saturated carbocycles. The standard InChI is InChI=1S/C11H14BrN3O2/c1-11(2)3-4-14(7-11)10-9(15(16)17)5-8(12)6-13-10/h5-6H,3-4,7H2,1-2H3. The van der Waals surface area contributed by atoms with Crippen molar-refractivity contribution >= 4 is 27.4 Å². The summed E-state index contributed by atoms with van der Waals surface area (Å²) in [6, 6.07) is 1.51. The molecule has 2 rings (SSSR count). The van der Waals surface area contributed by atoms with E-state index in [4.69, 9.17) is 0 Å². The van der Waals surface area contributed by atoms with E-state index in [0.29, 0.717) is 10.3 Å². The van der Waals surface area contributed by atoms with Gasteiger partial charge in [-0.15, -0.1) is 0 Å². The molecule has 0 aromatic carbocycles. The predicted octanol–water partition coefficient (Wildman–Crippen LogP) is 2.99. The van der Waals surface area contributed by atoms with Gasteiger partial charge in [0.1, 0.15) is 0 Å². The molecular weight excluding hydrogens is 286 g/mol. The third-order valence-corrected chi connectivity index (χ3v) is 3.42. The molecule has 0 atom stereocenters. The van der Waals surface area contributed by atoms with Gasteiger partial charge in [-0.2, -0.15) is 0 Å². The lowest BCUT2D eigenvalue weighted by Gasteiger charge is -2.20. The van der Waals surface area contributed by atoms with E-state index < -0.39 is 0 Å². The molecule has 2 heterocycles. The fourth-order valence-corrected chi connectivity index (χ4v) is 2.41. The molecule has 0 aliphatic carbocycles. The molecule has 0 unspecified atom stereocenters. The summed E-state index contributed by atoms with van der Waals surface area (Å²) in [6.45, 7) is 5.96. The highest BCUT2D eigenvalue weighted by Gasteiger charge is 2.33. The lowest BCUT2D eigenvalue weighted by molar-refractivity contribution is -0.384. The summed E-state index contributed by atoms with van der Waals surface area (Å²) in [5, 5.41) is 11.0. The van der Waals surface area contributed by atoms with Gasteiger partial charge in [-0.05, 0) is 27.8 Å². The molecule has 6 heteroatoms. The van der Waals surface area contributed by atoms with E-state index in [0.717, 1.165) is 19.5 Å². The molecule has 0 spiro atoms. The summed E-state index contributed by atoms with van der Waals surface area (Å²) in [4.78, 5) is 16.8. The monoisotopic (exact) mass is 299 g/mol. The fourth-order valence-electron chi connectivity index (χ4n) is 2.09. The van der Waals surface area contributed by atoms with Crippen LogP contribution in [0.25, 0.3) is 0 Å². The van der Waals surface area contributed by atoms with Gasteiger partial charge in [-0.3, -0.25) is 10.1 Å². The lowest BCUT2D eigenvalue weighted by atomic mass is 9.93. The first-order valence-electron chi connectivity index (χ1n) is 5.44. The second-order valence-corrected chi connectivity index (χ2v) is 6.00. The summed E-state index contributed by atoms with van der Waals surface area (Å²) in [7, 11) is 0. The summed E-state index contributed by atoms with van der Waals surface area (Å²) in [5.74, 6) is 0.476. The zero-order valence-corrected chi connectivity index (χ0v) is 11.4. The van der Waals surface area contributed by atoms with Crippen LogP contribution in [0.4, 0.5) is 11.5 Å². The number of hydrogen-bond acceptors (Lipinski definition) is 4. The van der Waals surface area contributed by atoms with E-state index in [2.05, 4.69) is 34.8 Å². The molecule has 1 aromatic rings. The first-order valence-corrected chi connectivity index (χ1v) is 6.23. The normalized spacial score (nSPS) is 18.4. The van der Waals surface area contributed by atoms with Gasteiger partial charge in [0.05, 0.1) is 4.92 Å². The van der Waals surface area contributed by atoms with Crippen molar-refractivity contribution < 1.29 is 4.92 Å². The molecule has 17 heavy (non-hydrogen) atoms. The minimum Gasteiger partial charge on any atom is -0.350 e. The van der Waals surface area contributed by atoms with Crippen LogP contribution in [0.2, 0.25) is 0 Å². The quantitative estimate of drug-likeness (QED) is 0.622. The summed E-state index contributed by atoms with van der Waals surface area (Å²) >= 11 is 3.21. The number of rotatable bonds is 2. The Bertz CT molecular complexity index is 462. The Morgan fingerprint density at radius 1 is 1.59 bits per heavy atom. The van der Waals surface area contributed by atoms with E-state index >= 15 is 0 Å². The second kappa shape index (κ2) is 4.25. The van der Waals surface area contributed by atoms with Gasteiger partial charge in [0.25, 0.3) is 0 Å². The van der Waals surface area contributed by atoms with Crippen molar-refractivity contribution in [3.05, 3.63) is 26.9 Å². The molecule has 0 radical (unpaired) electrons. The van der Waals surface area contributed by atoms with Crippen LogP contribution < -0.4 is 4.90 Å². The average Bonchev–Trinajstić information content (AvgIpc) is 2.58. The van der Waals surface area contributed by atoms with Crippen molar-refractivity contribution in [3.8, 4) is 0 Å². The van der Waals surface area contributed by atoms with Gasteiger partial charge in [0.15, 0.2) is 0 Å². The molecular formula is C11H14BrN3O2. The predicted molar refractivity (Wildman–Crippen MR) is 69.2 cm³/mol. The molecule has 1 aliphatic rings. The minimum atomic E-state index is -0.377. The number of aromatic nitrogens is 1. The van der Waals surface area contributed by atoms with Crippen LogP contribution in [0.15, 0.2) is 16.7 Å². The molecule has 1 fully saturated rings. The van der Waals surface area contributed by atoms with Crippen molar-refractivity contribution in [2.75, 3.05) is 18.0 Å². The molecule has 0 N–H and O–H groups in total. The Balaban J connectivity index is 2.36. The number of nitrogens with zero attached hydrogens (tertiary/aromatic N) is 3. The number of nitro groups is 1. The van der Waals surface area contributed by atoms with Crippen LogP contribution in [-0.4, -0.2) is 23.0 Å². The first-order chi connectivity index (χ1) is 7.89. The topological polar surface area (TPSA) is 59.3 Å². The maximum atomic E-state index is 11.0. The smallest absolute Gasteiger partial charge is 0.312 e. The van der Waals surface area contributed by atoms with Crippen LogP contribution in [0, 0.1) is 15.5 Å². The van der Waals surface area contributed by atoms with Gasteiger partial charge in [-0.25, -0.2) is 4.98 Å². The van der Waals surface area contributed by atoms with Crippen LogP contribution in [0.3, 0.4) is 0 Å². The minimum absolute atomic E-state index is 0.0667. The van der Waals surface area contributed by atoms with Crippen molar-refractivity contribution in [1.82, 2.24) is 4.98 Å². The van der Waals surface area contributed by atoms with Crippen LogP contribution in [-0.2, 0) is 0 Å². The highest BCUT2D eigenvalue weighted by Crippen LogP contribution is 2.36. The second-order valence-electron chi connectivity index (χ2n) is 5.09. The average molecular weight is 300 g/mol. The largest absolute Gasteiger partial charge is 0.350 e. The maximum absolute atomic E-state index is 11.0. The van der Waals surface area contributed by atoms with Crippen molar-refractivity contribution in [1.29, 1.82) is 0 Å². The van der Waals surface area contributed by atoms with Crippen molar-refractivity contribution in [3.63, 3.8) is 0 Å². The molecule has 5 nitrogen and oxygen atoms in total. The lowest BCUT2D eigenvalue weighted by Crippen LogP contribution is -2.24. The van der Waals surface area contributed by atoms with Crippen molar-refractivity contribution in [2.45, 2.75) is 20.3 Å². The molecule has 0 bridgehead atoms. The number of halogens is 1. The SMILES string of the molecule is CC1(C)CCN(c2ncc(Br)cc2[N+](=O)[O-])C1. The number of hydrogen-bond donors (Lipinski definition) is 0. The molecule has 1 aromatic heterocycles. The third-order valence-electron chi connectivity index (χ3n) is 2.99. The van der Waals surface area contributed by atoms with Gasteiger partial charge in [0, 0.05) is 29.8 Å². The number of pyridine rings is 1. The zero-order chi connectivity index (χ0) is 12.6. The van der Waals surface area contributed by atoms with Gasteiger partial charge in [0.2, 0.25) is 5.82 Å². The zero-order valence-electron chi connectivity index (χ0n) is 9.81. The Morgan fingerprint density at radius 3 is 2.82 bits per heavy atom. The van der Waals surface area contributed by atoms with E-state index in [-0.39, 0.29) is 16.0 Å². The molecule has 92 valence electrons. The fraction of sp³-hybridized carbons (Fsp3) is 0.545. The Morgan fingerprint density at radius 2 is 2.29 bits per heavy atom. The van der Waals surface area contributed by atoms with Crippen molar-refractivity contribution in [2.24, 2.45) is 5.41 Å².